The number of carbonyl (C=O) groups excluding carboxylic acids is 2. The van der Waals surface area contributed by atoms with Crippen molar-refractivity contribution in [1.82, 2.24) is 5.43 Å². The lowest BCUT2D eigenvalue weighted by molar-refractivity contribution is -0.121. The smallest absolute Gasteiger partial charge is 0.342 e. The third-order valence-corrected chi connectivity index (χ3v) is 5.94. The predicted octanol–water partition coefficient (Wildman–Crippen LogP) is 4.66. The number of phenolic OH excluding ortho intramolecular Hbond substituents is 1. The molecule has 0 saturated heterocycles. The minimum absolute atomic E-state index is 0.00475. The van der Waals surface area contributed by atoms with E-state index in [2.05, 4.69) is 17.5 Å². The van der Waals surface area contributed by atoms with Crippen molar-refractivity contribution in [2.24, 2.45) is 11.0 Å². The number of esters is 1. The zero-order valence-corrected chi connectivity index (χ0v) is 19.8. The summed E-state index contributed by atoms with van der Waals surface area (Å²) in [6.45, 7) is 4.10. The number of aliphatic hydroxyl groups is 1. The van der Waals surface area contributed by atoms with Gasteiger partial charge in [-0.15, -0.1) is 0 Å². The number of fused-ring (bicyclic) bond motifs is 1. The molecule has 0 spiro atoms. The molecule has 7 heteroatoms. The van der Waals surface area contributed by atoms with E-state index in [1.54, 1.807) is 12.1 Å². The summed E-state index contributed by atoms with van der Waals surface area (Å²) in [7, 11) is 0. The first-order chi connectivity index (χ1) is 15.9. The highest BCUT2D eigenvalue weighted by Gasteiger charge is 2.25. The Bertz CT molecular complexity index is 821. The normalized spacial score (nSPS) is 22.6. The van der Waals surface area contributed by atoms with Gasteiger partial charge in [-0.3, -0.25) is 4.79 Å². The summed E-state index contributed by atoms with van der Waals surface area (Å²) in [5.41, 5.74) is 3.34. The van der Waals surface area contributed by atoms with Gasteiger partial charge in [0.25, 0.3) is 0 Å². The van der Waals surface area contributed by atoms with Crippen molar-refractivity contribution >= 4 is 18.1 Å². The number of carbonyl (C=O) groups is 2. The first-order valence-corrected chi connectivity index (χ1v) is 12.1. The summed E-state index contributed by atoms with van der Waals surface area (Å²) in [6.07, 6.45) is 11.6. The van der Waals surface area contributed by atoms with Crippen LogP contribution < -0.4 is 5.43 Å². The van der Waals surface area contributed by atoms with Crippen molar-refractivity contribution in [3.05, 3.63) is 41.5 Å². The van der Waals surface area contributed by atoms with Crippen LogP contribution >= 0.6 is 0 Å². The number of rotatable bonds is 9. The maximum atomic E-state index is 12.9. The molecule has 0 saturated carbocycles. The number of aliphatic hydroxyl groups excluding tert-OH is 1. The number of hydrogen-bond donors (Lipinski definition) is 3. The molecular formula is C26H38N2O5. The summed E-state index contributed by atoms with van der Waals surface area (Å²) in [5, 5.41) is 24.8. The average molecular weight is 459 g/mol. The Morgan fingerprint density at radius 1 is 1.24 bits per heavy atom. The zero-order valence-electron chi connectivity index (χ0n) is 19.8. The summed E-state index contributed by atoms with van der Waals surface area (Å²) in [6, 6.07) is 4.95. The van der Waals surface area contributed by atoms with Gasteiger partial charge in [0, 0.05) is 25.5 Å². The molecule has 7 nitrogen and oxygen atoms in total. The van der Waals surface area contributed by atoms with Gasteiger partial charge >= 0.3 is 5.97 Å². The van der Waals surface area contributed by atoms with Crippen LogP contribution in [-0.2, 0) is 16.0 Å². The van der Waals surface area contributed by atoms with Crippen molar-refractivity contribution in [3.63, 3.8) is 0 Å². The van der Waals surface area contributed by atoms with Crippen LogP contribution in [0.5, 0.6) is 5.75 Å². The quantitative estimate of drug-likeness (QED) is 0.164. The van der Waals surface area contributed by atoms with E-state index in [1.807, 2.05) is 19.1 Å². The third kappa shape index (κ3) is 9.38. The van der Waals surface area contributed by atoms with Crippen LogP contribution in [-0.4, -0.2) is 40.5 Å². The van der Waals surface area contributed by atoms with Crippen LogP contribution in [0.1, 0.15) is 87.6 Å². The first kappa shape index (κ1) is 26.6. The highest BCUT2D eigenvalue weighted by Crippen LogP contribution is 2.26. The molecule has 0 fully saturated rings. The van der Waals surface area contributed by atoms with E-state index in [0.29, 0.717) is 24.8 Å². The lowest BCUT2D eigenvalue weighted by Crippen LogP contribution is -2.29. The number of phenols is 1. The molecular weight excluding hydrogens is 420 g/mol. The molecule has 33 heavy (non-hydrogen) atoms. The van der Waals surface area contributed by atoms with Crippen molar-refractivity contribution in [1.29, 1.82) is 0 Å². The van der Waals surface area contributed by atoms with Crippen molar-refractivity contribution in [2.45, 2.75) is 90.3 Å². The van der Waals surface area contributed by atoms with Crippen LogP contribution in [0, 0.1) is 5.92 Å². The fourth-order valence-electron chi connectivity index (χ4n) is 3.81. The molecule has 1 aliphatic heterocycles. The number of amides is 1. The molecule has 1 aliphatic rings. The van der Waals surface area contributed by atoms with Crippen molar-refractivity contribution < 1.29 is 24.5 Å². The largest absolute Gasteiger partial charge is 0.507 e. The standard InChI is InChI=1S/C26H38N2O5/c1-3-4-5-6-7-15-24(31)28-27-17-16-21-18-23(30)19(2)11-8-9-12-20-13-10-14-22(29)25(20)26(32)33-21/h8-10,13-14,17,19,21,23,29-30H,3-7,11-12,15-16,18H2,1-2H3,(H,28,31)/b9-8+,27-17-. The van der Waals surface area contributed by atoms with Gasteiger partial charge in [0.1, 0.15) is 17.4 Å². The summed E-state index contributed by atoms with van der Waals surface area (Å²) < 4.78 is 5.67. The summed E-state index contributed by atoms with van der Waals surface area (Å²) in [4.78, 5) is 24.8. The number of allylic oxidation sites excluding steroid dienone is 2. The van der Waals surface area contributed by atoms with Gasteiger partial charge in [0.2, 0.25) is 5.91 Å². The number of aromatic hydroxyl groups is 1. The Kier molecular flexibility index (Phi) is 11.7. The minimum Gasteiger partial charge on any atom is -0.507 e. The van der Waals surface area contributed by atoms with Gasteiger partial charge in [-0.25, -0.2) is 10.2 Å². The van der Waals surface area contributed by atoms with E-state index in [1.165, 1.54) is 18.7 Å². The molecule has 1 amide bonds. The molecule has 3 N–H and O–H groups in total. The van der Waals surface area contributed by atoms with Gasteiger partial charge in [0.05, 0.1) is 6.10 Å². The fourth-order valence-corrected chi connectivity index (χ4v) is 3.81. The predicted molar refractivity (Wildman–Crippen MR) is 129 cm³/mol. The van der Waals surface area contributed by atoms with Crippen LogP contribution in [0.15, 0.2) is 35.5 Å². The van der Waals surface area contributed by atoms with Gasteiger partial charge in [-0.2, -0.15) is 5.10 Å². The Labute approximate surface area is 196 Å². The number of unbranched alkanes of at least 4 members (excludes halogenated alkanes) is 4. The SMILES string of the molecule is CCCCCCCC(=O)N/N=C\CC1CC(O)C(C)C/C=C/Cc2cccc(O)c2C(=O)O1. The molecule has 1 heterocycles. The highest BCUT2D eigenvalue weighted by atomic mass is 16.5. The lowest BCUT2D eigenvalue weighted by atomic mass is 9.94. The number of nitrogens with zero attached hydrogens (tertiary/aromatic N) is 1. The molecule has 3 atom stereocenters. The number of cyclic esters (lactones) is 1. The second-order valence-corrected chi connectivity index (χ2v) is 8.78. The molecule has 1 aromatic rings. The Hall–Kier alpha value is -2.67. The van der Waals surface area contributed by atoms with Crippen LogP contribution in [0.2, 0.25) is 0 Å². The second kappa shape index (κ2) is 14.5. The van der Waals surface area contributed by atoms with Gasteiger partial charge in [0.15, 0.2) is 0 Å². The maximum Gasteiger partial charge on any atom is 0.342 e. The molecule has 1 aromatic carbocycles. The van der Waals surface area contributed by atoms with E-state index >= 15 is 0 Å². The average Bonchev–Trinajstić information content (AvgIpc) is 2.78. The van der Waals surface area contributed by atoms with Gasteiger partial charge in [-0.1, -0.05) is 63.8 Å². The van der Waals surface area contributed by atoms with E-state index in [9.17, 15) is 19.8 Å². The van der Waals surface area contributed by atoms with Crippen molar-refractivity contribution in [3.8, 4) is 5.75 Å². The Balaban J connectivity index is 2.00. The molecule has 0 radical (unpaired) electrons. The van der Waals surface area contributed by atoms with E-state index in [-0.39, 0.29) is 36.0 Å². The molecule has 182 valence electrons. The number of nitrogens with one attached hydrogen (secondary N) is 1. The third-order valence-electron chi connectivity index (χ3n) is 5.94. The molecule has 0 bridgehead atoms. The van der Waals surface area contributed by atoms with Crippen molar-refractivity contribution in [2.75, 3.05) is 0 Å². The minimum atomic E-state index is -0.665. The topological polar surface area (TPSA) is 108 Å². The van der Waals surface area contributed by atoms with E-state index in [4.69, 9.17) is 4.74 Å². The summed E-state index contributed by atoms with van der Waals surface area (Å²) in [5.74, 6) is -0.908. The molecule has 0 aliphatic carbocycles. The Morgan fingerprint density at radius 2 is 2.03 bits per heavy atom. The number of benzene rings is 1. The first-order valence-electron chi connectivity index (χ1n) is 12.1. The number of hydrazone groups is 1. The molecule has 2 rings (SSSR count). The lowest BCUT2D eigenvalue weighted by Gasteiger charge is -2.24. The number of hydrogen-bond acceptors (Lipinski definition) is 6. The Morgan fingerprint density at radius 3 is 2.82 bits per heavy atom. The van der Waals surface area contributed by atoms with Crippen LogP contribution in [0.3, 0.4) is 0 Å². The van der Waals surface area contributed by atoms with E-state index in [0.717, 1.165) is 25.7 Å². The van der Waals surface area contributed by atoms with E-state index < -0.39 is 18.2 Å². The number of ether oxygens (including phenoxy) is 1. The molecule has 0 aromatic heterocycles. The van der Waals surface area contributed by atoms with Gasteiger partial charge in [-0.05, 0) is 36.8 Å². The summed E-state index contributed by atoms with van der Waals surface area (Å²) >= 11 is 0. The fraction of sp³-hybridized carbons (Fsp3) is 0.577. The van der Waals surface area contributed by atoms with Crippen LogP contribution in [0.25, 0.3) is 0 Å². The zero-order chi connectivity index (χ0) is 24.1. The van der Waals surface area contributed by atoms with Gasteiger partial charge < -0.3 is 14.9 Å². The van der Waals surface area contributed by atoms with Crippen LogP contribution in [0.4, 0.5) is 0 Å². The molecule has 3 unspecified atom stereocenters. The monoisotopic (exact) mass is 458 g/mol. The maximum absolute atomic E-state index is 12.9. The highest BCUT2D eigenvalue weighted by molar-refractivity contribution is 5.94. The second-order valence-electron chi connectivity index (χ2n) is 8.78.